The summed E-state index contributed by atoms with van der Waals surface area (Å²) >= 11 is 1.51. The maximum absolute atomic E-state index is 13.7. The lowest BCUT2D eigenvalue weighted by molar-refractivity contribution is -0.136. The van der Waals surface area contributed by atoms with Crippen LogP contribution in [-0.4, -0.2) is 36.1 Å². The molecule has 0 saturated carbocycles. The maximum Gasteiger partial charge on any atom is 0.307 e. The fourth-order valence-corrected chi connectivity index (χ4v) is 5.45. The average Bonchev–Trinajstić information content (AvgIpc) is 2.86. The summed E-state index contributed by atoms with van der Waals surface area (Å²) in [5.41, 5.74) is 1.12. The summed E-state index contributed by atoms with van der Waals surface area (Å²) in [7, 11) is -3.89. The second-order valence-electron chi connectivity index (χ2n) is 6.05. The van der Waals surface area contributed by atoms with Crippen molar-refractivity contribution in [2.75, 3.05) is 6.26 Å². The van der Waals surface area contributed by atoms with E-state index in [1.165, 1.54) is 40.4 Å². The number of carbonyl (C=O) groups is 1. The fraction of sp³-hybridized carbons (Fsp3) is 0.278. The van der Waals surface area contributed by atoms with Crippen molar-refractivity contribution in [1.82, 2.24) is 4.31 Å². The lowest BCUT2D eigenvalue weighted by Crippen LogP contribution is -2.36. The predicted molar refractivity (Wildman–Crippen MR) is 97.9 cm³/mol. The first-order valence-corrected chi connectivity index (χ1v) is 10.6. The van der Waals surface area contributed by atoms with Crippen LogP contribution in [-0.2, 0) is 14.8 Å². The van der Waals surface area contributed by atoms with Crippen molar-refractivity contribution in [3.63, 3.8) is 0 Å². The van der Waals surface area contributed by atoms with Gasteiger partial charge >= 0.3 is 5.97 Å². The lowest BCUT2D eigenvalue weighted by Gasteiger charge is -2.29. The Hall–Kier alpha value is -2.06. The van der Waals surface area contributed by atoms with Gasteiger partial charge in [-0.05, 0) is 67.2 Å². The molecule has 1 unspecified atom stereocenters. The van der Waals surface area contributed by atoms with Crippen LogP contribution >= 0.6 is 11.8 Å². The molecule has 1 aliphatic carbocycles. The van der Waals surface area contributed by atoms with Gasteiger partial charge in [0.05, 0.1) is 17.4 Å². The second-order valence-corrected chi connectivity index (χ2v) is 8.75. The molecule has 0 aromatic heterocycles. The highest BCUT2D eigenvalue weighted by atomic mass is 32.2. The van der Waals surface area contributed by atoms with E-state index in [2.05, 4.69) is 0 Å². The van der Waals surface area contributed by atoms with Crippen molar-refractivity contribution in [3.8, 4) is 0 Å². The highest BCUT2D eigenvalue weighted by Crippen LogP contribution is 2.43. The van der Waals surface area contributed by atoms with E-state index in [0.717, 1.165) is 4.90 Å². The first-order valence-electron chi connectivity index (χ1n) is 7.93. The molecule has 0 bridgehead atoms. The minimum atomic E-state index is -3.89. The quantitative estimate of drug-likeness (QED) is 0.769. The summed E-state index contributed by atoms with van der Waals surface area (Å²) in [5, 5.41) is 9.17. The van der Waals surface area contributed by atoms with Crippen molar-refractivity contribution in [3.05, 3.63) is 59.1 Å². The Bertz CT molecular complexity index is 946. The minimum Gasteiger partial charge on any atom is -0.481 e. The van der Waals surface area contributed by atoms with E-state index in [-0.39, 0.29) is 17.7 Å². The Morgan fingerprint density at radius 2 is 2.00 bits per heavy atom. The van der Waals surface area contributed by atoms with Crippen LogP contribution in [0.25, 0.3) is 0 Å². The molecule has 8 heteroatoms. The molecule has 0 spiro atoms. The van der Waals surface area contributed by atoms with Gasteiger partial charge in [0.2, 0.25) is 0 Å². The number of rotatable bonds is 5. The van der Waals surface area contributed by atoms with E-state index in [4.69, 9.17) is 0 Å². The monoisotopic (exact) mass is 395 g/mol. The highest BCUT2D eigenvalue weighted by Gasteiger charge is 2.42. The van der Waals surface area contributed by atoms with Gasteiger partial charge in [-0.2, -0.15) is 0 Å². The summed E-state index contributed by atoms with van der Waals surface area (Å²) < 4.78 is 41.4. The number of thioether (sulfide) groups is 1. The molecule has 1 aliphatic heterocycles. The Balaban J connectivity index is 2.09. The van der Waals surface area contributed by atoms with E-state index in [9.17, 15) is 22.7 Å². The molecule has 1 heterocycles. The van der Waals surface area contributed by atoms with Crippen molar-refractivity contribution in [2.24, 2.45) is 0 Å². The zero-order valence-corrected chi connectivity index (χ0v) is 15.9. The van der Waals surface area contributed by atoms with E-state index < -0.39 is 27.9 Å². The van der Waals surface area contributed by atoms with Gasteiger partial charge in [0.1, 0.15) is 5.83 Å². The second kappa shape index (κ2) is 6.92. The topological polar surface area (TPSA) is 74.7 Å². The number of benzene rings is 1. The number of hydrogen-bond acceptors (Lipinski definition) is 4. The van der Waals surface area contributed by atoms with Crippen LogP contribution in [0.3, 0.4) is 0 Å². The normalized spacial score (nSPS) is 20.0. The van der Waals surface area contributed by atoms with Crippen LogP contribution in [0, 0.1) is 0 Å². The third kappa shape index (κ3) is 3.19. The first-order chi connectivity index (χ1) is 12.3. The largest absolute Gasteiger partial charge is 0.481 e. The van der Waals surface area contributed by atoms with Crippen LogP contribution in [0.5, 0.6) is 0 Å². The van der Waals surface area contributed by atoms with E-state index in [0.29, 0.717) is 16.8 Å². The summed E-state index contributed by atoms with van der Waals surface area (Å²) in [6.45, 7) is 1.57. The smallest absolute Gasteiger partial charge is 0.307 e. The number of fused-ring (bicyclic) bond motifs is 1. The molecule has 2 aliphatic rings. The van der Waals surface area contributed by atoms with Gasteiger partial charge in [0, 0.05) is 10.6 Å². The van der Waals surface area contributed by atoms with Gasteiger partial charge in [-0.15, -0.1) is 11.8 Å². The van der Waals surface area contributed by atoms with Crippen LogP contribution in [0.4, 0.5) is 4.39 Å². The van der Waals surface area contributed by atoms with E-state index in [1.807, 2.05) is 6.26 Å². The average molecular weight is 395 g/mol. The third-order valence-electron chi connectivity index (χ3n) is 4.53. The van der Waals surface area contributed by atoms with Crippen LogP contribution in [0.1, 0.15) is 19.8 Å². The van der Waals surface area contributed by atoms with E-state index >= 15 is 0 Å². The van der Waals surface area contributed by atoms with Crippen molar-refractivity contribution >= 4 is 27.8 Å². The number of nitrogens with zero attached hydrogens (tertiary/aromatic N) is 1. The van der Waals surface area contributed by atoms with Gasteiger partial charge in [-0.25, -0.2) is 12.8 Å². The van der Waals surface area contributed by atoms with Gasteiger partial charge in [-0.3, -0.25) is 9.10 Å². The summed E-state index contributed by atoms with van der Waals surface area (Å²) in [6.07, 6.45) is 4.28. The molecule has 26 heavy (non-hydrogen) atoms. The molecular formula is C18H18FNO4S2. The molecule has 0 amide bonds. The van der Waals surface area contributed by atoms with Crippen molar-refractivity contribution in [2.45, 2.75) is 35.6 Å². The molecular weight excluding hydrogens is 377 g/mol. The SMILES string of the molecule is CSc1ccc(S(=O)(=O)N2C(C)=C(CC(=O)O)C3=CC(F)=CCC32)cc1. The first kappa shape index (κ1) is 18.7. The van der Waals surface area contributed by atoms with Gasteiger partial charge in [0.15, 0.2) is 0 Å². The molecule has 1 aromatic carbocycles. The molecule has 1 aromatic rings. The lowest BCUT2D eigenvalue weighted by atomic mass is 9.93. The fourth-order valence-electron chi connectivity index (χ4n) is 3.33. The zero-order valence-electron chi connectivity index (χ0n) is 14.3. The third-order valence-corrected chi connectivity index (χ3v) is 7.19. The number of halogens is 1. The summed E-state index contributed by atoms with van der Waals surface area (Å²) in [4.78, 5) is 12.3. The van der Waals surface area contributed by atoms with Crippen LogP contribution in [0.15, 0.2) is 68.9 Å². The van der Waals surface area contributed by atoms with Gasteiger partial charge in [0.25, 0.3) is 10.0 Å². The number of allylic oxidation sites excluding steroid dienone is 3. The Morgan fingerprint density at radius 3 is 2.58 bits per heavy atom. The molecule has 1 atom stereocenters. The highest BCUT2D eigenvalue weighted by molar-refractivity contribution is 7.98. The predicted octanol–water partition coefficient (Wildman–Crippen LogP) is 3.71. The molecule has 1 N–H and O–H groups in total. The number of carboxylic acids is 1. The van der Waals surface area contributed by atoms with Gasteiger partial charge < -0.3 is 5.11 Å². The van der Waals surface area contributed by atoms with E-state index in [1.54, 1.807) is 19.1 Å². The Labute approximate surface area is 155 Å². The molecule has 138 valence electrons. The molecule has 0 radical (unpaired) electrons. The van der Waals surface area contributed by atoms with Crippen molar-refractivity contribution < 1.29 is 22.7 Å². The Morgan fingerprint density at radius 1 is 1.35 bits per heavy atom. The van der Waals surface area contributed by atoms with Crippen LogP contribution in [0.2, 0.25) is 0 Å². The summed E-state index contributed by atoms with van der Waals surface area (Å²) in [6, 6.07) is 5.90. The Kier molecular flexibility index (Phi) is 4.98. The zero-order chi connectivity index (χ0) is 19.1. The maximum atomic E-state index is 13.7. The number of sulfonamides is 1. The summed E-state index contributed by atoms with van der Waals surface area (Å²) in [5.74, 6) is -1.56. The molecule has 5 nitrogen and oxygen atoms in total. The van der Waals surface area contributed by atoms with Crippen LogP contribution < -0.4 is 0 Å². The molecule has 3 rings (SSSR count). The number of aliphatic carboxylic acids is 1. The van der Waals surface area contributed by atoms with Gasteiger partial charge in [-0.1, -0.05) is 0 Å². The number of carboxylic acid groups (broad SMARTS) is 1. The molecule has 0 fully saturated rings. The standard InChI is InChI=1S/C18H18FNO4S2/c1-11-15(10-18(21)22)16-9-12(19)3-8-17(16)20(11)26(23,24)14-6-4-13(25-2)5-7-14/h3-7,9,17H,8,10H2,1-2H3,(H,21,22). The number of hydrogen-bond donors (Lipinski definition) is 1. The molecule has 0 saturated heterocycles. The minimum absolute atomic E-state index is 0.126. The van der Waals surface area contributed by atoms with Crippen molar-refractivity contribution in [1.29, 1.82) is 0 Å².